The molecule has 0 aliphatic carbocycles. The van der Waals surface area contributed by atoms with Crippen molar-refractivity contribution in [3.8, 4) is 5.88 Å². The standard InChI is InChI=1S/C11H22N2O2Si/c1-11(2,3)16(5,6)13-7-9(8-14)10(12-13)15-4/h7,14H,8H2,1-6H3. The number of rotatable bonds is 3. The Morgan fingerprint density at radius 1 is 1.44 bits per heavy atom. The molecule has 5 heteroatoms. The van der Waals surface area contributed by atoms with Gasteiger partial charge in [0.05, 0.1) is 19.3 Å². The van der Waals surface area contributed by atoms with E-state index in [1.165, 1.54) is 0 Å². The molecule has 0 bridgehead atoms. The largest absolute Gasteiger partial charge is 0.480 e. The normalized spacial score (nSPS) is 12.9. The third kappa shape index (κ3) is 2.15. The molecule has 92 valence electrons. The summed E-state index contributed by atoms with van der Waals surface area (Å²) >= 11 is 0. The van der Waals surface area contributed by atoms with Crippen LogP contribution in [0.3, 0.4) is 0 Å². The highest BCUT2D eigenvalue weighted by molar-refractivity contribution is 6.78. The van der Waals surface area contributed by atoms with Gasteiger partial charge in [0.25, 0.3) is 0 Å². The Morgan fingerprint density at radius 3 is 2.31 bits per heavy atom. The third-order valence-electron chi connectivity index (χ3n) is 3.52. The molecular weight excluding hydrogens is 220 g/mol. The minimum absolute atomic E-state index is 0.0300. The molecule has 0 radical (unpaired) electrons. The summed E-state index contributed by atoms with van der Waals surface area (Å²) in [5.41, 5.74) is 0.757. The van der Waals surface area contributed by atoms with E-state index in [-0.39, 0.29) is 11.6 Å². The van der Waals surface area contributed by atoms with E-state index in [0.29, 0.717) is 5.88 Å². The van der Waals surface area contributed by atoms with Crippen LogP contribution in [0.2, 0.25) is 18.1 Å². The number of ether oxygens (including phenoxy) is 1. The second-order valence-electron chi connectivity index (χ2n) is 5.58. The van der Waals surface area contributed by atoms with Crippen LogP contribution >= 0.6 is 0 Å². The Bertz CT molecular complexity index is 345. The smallest absolute Gasteiger partial charge is 0.237 e. The molecule has 1 aromatic heterocycles. The van der Waals surface area contributed by atoms with Gasteiger partial charge in [-0.05, 0) is 18.1 Å². The van der Waals surface area contributed by atoms with E-state index in [1.54, 1.807) is 7.11 Å². The molecule has 0 fully saturated rings. The van der Waals surface area contributed by atoms with E-state index < -0.39 is 8.24 Å². The summed E-state index contributed by atoms with van der Waals surface area (Å²) in [4.78, 5) is 0. The van der Waals surface area contributed by atoms with Gasteiger partial charge >= 0.3 is 0 Å². The Kier molecular flexibility index (Phi) is 3.49. The van der Waals surface area contributed by atoms with E-state index >= 15 is 0 Å². The van der Waals surface area contributed by atoms with Crippen molar-refractivity contribution in [1.29, 1.82) is 0 Å². The van der Waals surface area contributed by atoms with Crippen LogP contribution in [-0.2, 0) is 6.61 Å². The maximum absolute atomic E-state index is 9.21. The van der Waals surface area contributed by atoms with E-state index in [9.17, 15) is 5.11 Å². The number of hydrogen-bond acceptors (Lipinski definition) is 3. The number of aromatic nitrogens is 2. The van der Waals surface area contributed by atoms with Gasteiger partial charge in [-0.2, -0.15) is 0 Å². The average molecular weight is 242 g/mol. The van der Waals surface area contributed by atoms with Crippen molar-refractivity contribution in [2.75, 3.05) is 7.11 Å². The van der Waals surface area contributed by atoms with Gasteiger partial charge in [0.15, 0.2) is 8.24 Å². The number of nitrogens with zero attached hydrogens (tertiary/aromatic N) is 2. The first-order chi connectivity index (χ1) is 7.24. The minimum Gasteiger partial charge on any atom is -0.480 e. The summed E-state index contributed by atoms with van der Waals surface area (Å²) in [6.07, 6.45) is 1.91. The molecule has 16 heavy (non-hydrogen) atoms. The molecule has 0 aromatic carbocycles. The van der Waals surface area contributed by atoms with Crippen LogP contribution in [0, 0.1) is 0 Å². The Balaban J connectivity index is 3.19. The Hall–Kier alpha value is -0.813. The zero-order valence-corrected chi connectivity index (χ0v) is 12.0. The second-order valence-corrected chi connectivity index (χ2v) is 10.7. The van der Waals surface area contributed by atoms with Crippen molar-refractivity contribution < 1.29 is 9.84 Å². The number of aliphatic hydroxyl groups excluding tert-OH is 1. The summed E-state index contributed by atoms with van der Waals surface area (Å²) in [5, 5.41) is 13.9. The SMILES string of the molecule is COc1nn([Si](C)(C)C(C)(C)C)cc1CO. The lowest BCUT2D eigenvalue weighted by Crippen LogP contribution is -2.45. The summed E-state index contributed by atoms with van der Waals surface area (Å²) in [6, 6.07) is 0. The highest BCUT2D eigenvalue weighted by atomic mass is 28.3. The molecule has 1 heterocycles. The predicted octanol–water partition coefficient (Wildman–Crippen LogP) is 2.24. The van der Waals surface area contributed by atoms with Crippen LogP contribution in [0.4, 0.5) is 0 Å². The molecule has 0 unspecified atom stereocenters. The van der Waals surface area contributed by atoms with E-state index in [0.717, 1.165) is 5.56 Å². The predicted molar refractivity (Wildman–Crippen MR) is 67.3 cm³/mol. The lowest BCUT2D eigenvalue weighted by Gasteiger charge is -2.36. The average Bonchev–Trinajstić information content (AvgIpc) is 2.59. The Labute approximate surface area is 98.3 Å². The van der Waals surface area contributed by atoms with Crippen molar-refractivity contribution in [3.05, 3.63) is 11.8 Å². The zero-order chi connectivity index (χ0) is 12.6. The van der Waals surface area contributed by atoms with Gasteiger partial charge in [0, 0.05) is 6.20 Å². The zero-order valence-electron chi connectivity index (χ0n) is 11.0. The van der Waals surface area contributed by atoms with E-state index in [4.69, 9.17) is 4.74 Å². The van der Waals surface area contributed by atoms with Gasteiger partial charge in [-0.1, -0.05) is 20.8 Å². The van der Waals surface area contributed by atoms with Crippen molar-refractivity contribution >= 4 is 8.24 Å². The lowest BCUT2D eigenvalue weighted by molar-refractivity contribution is 0.273. The van der Waals surface area contributed by atoms with Crippen LogP contribution in [-0.4, -0.2) is 29.9 Å². The number of hydrogen-bond donors (Lipinski definition) is 1. The molecule has 0 saturated heterocycles. The van der Waals surface area contributed by atoms with Gasteiger partial charge in [-0.25, -0.2) is 0 Å². The molecule has 0 atom stereocenters. The molecule has 0 saturated carbocycles. The lowest BCUT2D eigenvalue weighted by atomic mass is 10.2. The third-order valence-corrected chi connectivity index (χ3v) is 8.57. The molecule has 0 spiro atoms. The Morgan fingerprint density at radius 2 is 2.00 bits per heavy atom. The fourth-order valence-electron chi connectivity index (χ4n) is 1.30. The summed E-state index contributed by atoms with van der Waals surface area (Å²) in [5.74, 6) is 0.535. The van der Waals surface area contributed by atoms with Crippen molar-refractivity contribution in [2.24, 2.45) is 0 Å². The molecule has 0 amide bonds. The van der Waals surface area contributed by atoms with Gasteiger partial charge in [-0.3, -0.25) is 4.35 Å². The van der Waals surface area contributed by atoms with Crippen LogP contribution < -0.4 is 4.74 Å². The summed E-state index contributed by atoms with van der Waals surface area (Å²) < 4.78 is 7.17. The van der Waals surface area contributed by atoms with Crippen molar-refractivity contribution in [2.45, 2.75) is 45.5 Å². The van der Waals surface area contributed by atoms with Crippen LogP contribution in [0.15, 0.2) is 6.20 Å². The van der Waals surface area contributed by atoms with Crippen molar-refractivity contribution in [1.82, 2.24) is 9.45 Å². The van der Waals surface area contributed by atoms with E-state index in [1.807, 2.05) is 10.5 Å². The van der Waals surface area contributed by atoms with Crippen LogP contribution in [0.1, 0.15) is 26.3 Å². The fourth-order valence-corrected chi connectivity index (χ4v) is 2.81. The highest BCUT2D eigenvalue weighted by Gasteiger charge is 2.39. The second kappa shape index (κ2) is 4.22. The summed E-state index contributed by atoms with van der Waals surface area (Å²) in [7, 11) is -0.129. The number of aliphatic hydroxyl groups is 1. The van der Waals surface area contributed by atoms with Crippen molar-refractivity contribution in [3.63, 3.8) is 0 Å². The molecule has 0 aliphatic rings. The monoisotopic (exact) mass is 242 g/mol. The molecule has 1 rings (SSSR count). The molecule has 1 aromatic rings. The van der Waals surface area contributed by atoms with Crippen LogP contribution in [0.5, 0.6) is 5.88 Å². The quantitative estimate of drug-likeness (QED) is 0.827. The molecule has 0 aliphatic heterocycles. The maximum atomic E-state index is 9.21. The first kappa shape index (κ1) is 13.3. The van der Waals surface area contributed by atoms with Gasteiger partial charge < -0.3 is 9.84 Å². The van der Waals surface area contributed by atoms with Gasteiger partial charge in [0.2, 0.25) is 5.88 Å². The fraction of sp³-hybridized carbons (Fsp3) is 0.727. The molecule has 1 N–H and O–H groups in total. The summed E-state index contributed by atoms with van der Waals surface area (Å²) in [6.45, 7) is 11.2. The maximum Gasteiger partial charge on any atom is 0.237 e. The number of methoxy groups -OCH3 is 1. The topological polar surface area (TPSA) is 47.3 Å². The molecular formula is C11H22N2O2Si. The van der Waals surface area contributed by atoms with Crippen LogP contribution in [0.25, 0.3) is 0 Å². The van der Waals surface area contributed by atoms with Gasteiger partial charge in [0.1, 0.15) is 0 Å². The highest BCUT2D eigenvalue weighted by Crippen LogP contribution is 2.37. The van der Waals surface area contributed by atoms with E-state index in [2.05, 4.69) is 39.0 Å². The first-order valence-corrected chi connectivity index (χ1v) is 8.42. The van der Waals surface area contributed by atoms with Gasteiger partial charge in [-0.15, -0.1) is 5.10 Å². The molecule has 4 nitrogen and oxygen atoms in total. The first-order valence-electron chi connectivity index (χ1n) is 5.48. The minimum atomic E-state index is -1.71.